The lowest BCUT2D eigenvalue weighted by atomic mass is 9.96. The van der Waals surface area contributed by atoms with Crippen molar-refractivity contribution in [1.29, 1.82) is 0 Å². The first-order valence-corrected chi connectivity index (χ1v) is 8.70. The molecule has 0 unspecified atom stereocenters. The summed E-state index contributed by atoms with van der Waals surface area (Å²) >= 11 is 0. The topological polar surface area (TPSA) is 97.6 Å². The summed E-state index contributed by atoms with van der Waals surface area (Å²) in [5.74, 6) is 0.362. The van der Waals surface area contributed by atoms with Gasteiger partial charge in [0.15, 0.2) is 6.61 Å². The summed E-state index contributed by atoms with van der Waals surface area (Å²) in [5, 5.41) is 10.3. The van der Waals surface area contributed by atoms with E-state index in [4.69, 9.17) is 9.15 Å². The minimum Gasteiger partial charge on any atom is -0.484 e. The predicted octanol–water partition coefficient (Wildman–Crippen LogP) is 2.88. The highest BCUT2D eigenvalue weighted by Crippen LogP contribution is 2.36. The van der Waals surface area contributed by atoms with Crippen molar-refractivity contribution >= 4 is 23.2 Å². The number of rotatable bonds is 4. The van der Waals surface area contributed by atoms with Crippen LogP contribution in [0.15, 0.2) is 59.3 Å². The van der Waals surface area contributed by atoms with Gasteiger partial charge in [-0.1, -0.05) is 12.1 Å². The van der Waals surface area contributed by atoms with Crippen LogP contribution in [0.1, 0.15) is 13.8 Å². The Morgan fingerprint density at radius 2 is 1.93 bits per heavy atom. The van der Waals surface area contributed by atoms with E-state index in [0.717, 1.165) is 5.56 Å². The van der Waals surface area contributed by atoms with E-state index in [9.17, 15) is 9.59 Å². The fraction of sp³-hybridized carbons (Fsp3) is 0.200. The molecule has 0 radical (unpaired) electrons. The van der Waals surface area contributed by atoms with Gasteiger partial charge in [0, 0.05) is 5.56 Å². The van der Waals surface area contributed by atoms with Gasteiger partial charge in [-0.15, -0.1) is 10.2 Å². The van der Waals surface area contributed by atoms with Gasteiger partial charge in [0.05, 0.1) is 11.4 Å². The van der Waals surface area contributed by atoms with Gasteiger partial charge in [0.25, 0.3) is 5.91 Å². The van der Waals surface area contributed by atoms with Crippen molar-refractivity contribution in [3.05, 3.63) is 54.9 Å². The Morgan fingerprint density at radius 3 is 2.64 bits per heavy atom. The van der Waals surface area contributed by atoms with Gasteiger partial charge in [0.2, 0.25) is 18.2 Å². The maximum atomic E-state index is 12.9. The molecule has 2 aromatic carbocycles. The predicted molar refractivity (Wildman–Crippen MR) is 102 cm³/mol. The minimum atomic E-state index is -1.03. The lowest BCUT2D eigenvalue weighted by Crippen LogP contribution is -2.59. The number of hydrogen-bond donors (Lipinski definition) is 1. The second-order valence-electron chi connectivity index (χ2n) is 6.82. The highest BCUT2D eigenvalue weighted by Gasteiger charge is 2.43. The molecule has 28 heavy (non-hydrogen) atoms. The number of hydrogen-bond acceptors (Lipinski definition) is 6. The molecule has 0 saturated heterocycles. The van der Waals surface area contributed by atoms with Crippen molar-refractivity contribution in [2.24, 2.45) is 0 Å². The van der Waals surface area contributed by atoms with Crippen LogP contribution < -0.4 is 15.0 Å². The van der Waals surface area contributed by atoms with Crippen LogP contribution in [0, 0.1) is 0 Å². The molecule has 1 aromatic heterocycles. The number of anilines is 2. The van der Waals surface area contributed by atoms with Crippen molar-refractivity contribution in [2.75, 3.05) is 16.8 Å². The second kappa shape index (κ2) is 6.80. The second-order valence-corrected chi connectivity index (χ2v) is 6.82. The molecule has 0 saturated carbocycles. The molecule has 0 bridgehead atoms. The third kappa shape index (κ3) is 3.09. The van der Waals surface area contributed by atoms with E-state index in [1.807, 2.05) is 12.1 Å². The number of benzene rings is 2. The number of aromatic nitrogens is 2. The van der Waals surface area contributed by atoms with E-state index in [-0.39, 0.29) is 18.4 Å². The zero-order chi connectivity index (χ0) is 19.7. The number of nitrogens with one attached hydrogen (secondary N) is 1. The number of nitrogens with zero attached hydrogens (tertiary/aromatic N) is 3. The first kappa shape index (κ1) is 17.7. The summed E-state index contributed by atoms with van der Waals surface area (Å²) in [7, 11) is 0. The van der Waals surface area contributed by atoms with Crippen LogP contribution in [0.4, 0.5) is 11.4 Å². The van der Waals surface area contributed by atoms with Gasteiger partial charge in [-0.05, 0) is 50.2 Å². The highest BCUT2D eigenvalue weighted by atomic mass is 16.5. The summed E-state index contributed by atoms with van der Waals surface area (Å²) in [6.07, 6.45) is 1.26. The molecule has 8 heteroatoms. The Kier molecular flexibility index (Phi) is 4.31. The molecular weight excluding hydrogens is 360 g/mol. The molecule has 3 aromatic rings. The Balaban J connectivity index is 1.51. The largest absolute Gasteiger partial charge is 0.484 e. The standard InChI is InChI=1S/C20H18N4O4/c1-20(2)19(26)22-15-5-3-4-6-16(15)24(20)17(25)11-27-14-9-7-13(8-10-14)18-23-21-12-28-18/h3-10,12H,11H2,1-2H3,(H,22,26). The molecule has 0 aliphatic carbocycles. The summed E-state index contributed by atoms with van der Waals surface area (Å²) in [6.45, 7) is 3.20. The van der Waals surface area contributed by atoms with Gasteiger partial charge in [-0.2, -0.15) is 0 Å². The number of para-hydroxylation sites is 2. The first-order chi connectivity index (χ1) is 13.5. The zero-order valence-corrected chi connectivity index (χ0v) is 15.4. The van der Waals surface area contributed by atoms with Crippen LogP contribution >= 0.6 is 0 Å². The normalized spacial score (nSPS) is 14.9. The molecule has 142 valence electrons. The molecule has 0 fully saturated rings. The molecule has 1 N–H and O–H groups in total. The zero-order valence-electron chi connectivity index (χ0n) is 15.4. The Labute approximate surface area is 161 Å². The molecule has 1 aliphatic rings. The Morgan fingerprint density at radius 1 is 1.18 bits per heavy atom. The van der Waals surface area contributed by atoms with Crippen molar-refractivity contribution in [1.82, 2.24) is 10.2 Å². The van der Waals surface area contributed by atoms with E-state index in [2.05, 4.69) is 15.5 Å². The Bertz CT molecular complexity index is 1010. The van der Waals surface area contributed by atoms with E-state index < -0.39 is 5.54 Å². The lowest BCUT2D eigenvalue weighted by molar-refractivity contribution is -0.127. The summed E-state index contributed by atoms with van der Waals surface area (Å²) in [4.78, 5) is 26.9. The molecule has 8 nitrogen and oxygen atoms in total. The van der Waals surface area contributed by atoms with Gasteiger partial charge in [-0.25, -0.2) is 0 Å². The van der Waals surface area contributed by atoms with Gasteiger partial charge < -0.3 is 14.5 Å². The van der Waals surface area contributed by atoms with E-state index in [0.29, 0.717) is 23.0 Å². The fourth-order valence-electron chi connectivity index (χ4n) is 3.10. The molecule has 2 amide bonds. The van der Waals surface area contributed by atoms with Crippen molar-refractivity contribution < 1.29 is 18.7 Å². The van der Waals surface area contributed by atoms with Crippen LogP contribution in [-0.2, 0) is 9.59 Å². The summed E-state index contributed by atoms with van der Waals surface area (Å²) in [6, 6.07) is 14.2. The van der Waals surface area contributed by atoms with Crippen molar-refractivity contribution in [2.45, 2.75) is 19.4 Å². The summed E-state index contributed by atoms with van der Waals surface area (Å²) < 4.78 is 10.8. The smallest absolute Gasteiger partial charge is 0.265 e. The van der Waals surface area contributed by atoms with Crippen molar-refractivity contribution in [3.8, 4) is 17.2 Å². The maximum Gasteiger partial charge on any atom is 0.265 e. The van der Waals surface area contributed by atoms with Gasteiger partial charge >= 0.3 is 0 Å². The third-order valence-electron chi connectivity index (χ3n) is 4.58. The SMILES string of the molecule is CC1(C)C(=O)Nc2ccccc2N1C(=O)COc1ccc(-c2nnco2)cc1. The van der Waals surface area contributed by atoms with Crippen LogP contribution in [0.25, 0.3) is 11.5 Å². The van der Waals surface area contributed by atoms with E-state index >= 15 is 0 Å². The van der Waals surface area contributed by atoms with E-state index in [1.165, 1.54) is 11.3 Å². The van der Waals surface area contributed by atoms with Crippen LogP contribution in [-0.4, -0.2) is 34.2 Å². The Hall–Kier alpha value is -3.68. The number of ether oxygens (including phenoxy) is 1. The van der Waals surface area contributed by atoms with Gasteiger partial charge in [-0.3, -0.25) is 14.5 Å². The molecule has 0 atom stereocenters. The molecular formula is C20H18N4O4. The first-order valence-electron chi connectivity index (χ1n) is 8.70. The van der Waals surface area contributed by atoms with E-state index in [1.54, 1.807) is 50.2 Å². The number of fused-ring (bicyclic) bond motifs is 1. The number of amides is 2. The third-order valence-corrected chi connectivity index (χ3v) is 4.58. The number of carbonyl (C=O) groups is 2. The molecule has 1 aliphatic heterocycles. The quantitative estimate of drug-likeness (QED) is 0.750. The monoisotopic (exact) mass is 378 g/mol. The fourth-order valence-corrected chi connectivity index (χ4v) is 3.10. The molecule has 2 heterocycles. The molecule has 4 rings (SSSR count). The average molecular weight is 378 g/mol. The van der Waals surface area contributed by atoms with Crippen LogP contribution in [0.2, 0.25) is 0 Å². The minimum absolute atomic E-state index is 0.203. The summed E-state index contributed by atoms with van der Waals surface area (Å²) in [5.41, 5.74) is 0.965. The van der Waals surface area contributed by atoms with Crippen LogP contribution in [0.5, 0.6) is 5.75 Å². The number of carbonyl (C=O) groups excluding carboxylic acids is 2. The lowest BCUT2D eigenvalue weighted by Gasteiger charge is -2.41. The van der Waals surface area contributed by atoms with Gasteiger partial charge in [0.1, 0.15) is 11.3 Å². The van der Waals surface area contributed by atoms with Crippen LogP contribution in [0.3, 0.4) is 0 Å². The highest BCUT2D eigenvalue weighted by molar-refractivity contribution is 6.14. The average Bonchev–Trinajstić information content (AvgIpc) is 3.22. The van der Waals surface area contributed by atoms with Crippen molar-refractivity contribution in [3.63, 3.8) is 0 Å². The molecule has 0 spiro atoms. The maximum absolute atomic E-state index is 12.9.